The van der Waals surface area contributed by atoms with E-state index in [1.165, 1.54) is 6.26 Å². The third kappa shape index (κ3) is 2.42. The molecule has 1 aromatic carbocycles. The van der Waals surface area contributed by atoms with E-state index in [4.69, 9.17) is 9.15 Å². The van der Waals surface area contributed by atoms with E-state index in [9.17, 15) is 9.59 Å². The molecule has 0 atom stereocenters. The summed E-state index contributed by atoms with van der Waals surface area (Å²) in [5.74, 6) is 0.617. The Morgan fingerprint density at radius 3 is 2.94 bits per heavy atom. The van der Waals surface area contributed by atoms with Gasteiger partial charge in [0.2, 0.25) is 5.43 Å². The SMILES string of the molecule is CCCCOc1ccc2occ(C=O)c(=O)c2c1. The number of fused-ring (bicyclic) bond motifs is 1. The van der Waals surface area contributed by atoms with Gasteiger partial charge >= 0.3 is 0 Å². The molecule has 0 spiro atoms. The molecule has 0 radical (unpaired) electrons. The molecule has 2 aromatic rings. The van der Waals surface area contributed by atoms with Gasteiger partial charge in [0.05, 0.1) is 17.6 Å². The van der Waals surface area contributed by atoms with Crippen LogP contribution in [0.15, 0.2) is 33.7 Å². The van der Waals surface area contributed by atoms with Crippen molar-refractivity contribution in [2.24, 2.45) is 0 Å². The lowest BCUT2D eigenvalue weighted by Crippen LogP contribution is -2.07. The number of hydrogen-bond donors (Lipinski definition) is 0. The molecule has 0 bridgehead atoms. The summed E-state index contributed by atoms with van der Waals surface area (Å²) in [5, 5.41) is 0.369. The van der Waals surface area contributed by atoms with Crippen molar-refractivity contribution in [2.75, 3.05) is 6.61 Å². The molecular weight excluding hydrogens is 232 g/mol. The Morgan fingerprint density at radius 1 is 1.39 bits per heavy atom. The van der Waals surface area contributed by atoms with Crippen molar-refractivity contribution < 1.29 is 13.9 Å². The maximum atomic E-state index is 11.9. The molecule has 4 nitrogen and oxygen atoms in total. The number of unbranched alkanes of at least 4 members (excludes halogenated alkanes) is 1. The summed E-state index contributed by atoms with van der Waals surface area (Å²) in [6.45, 7) is 2.69. The van der Waals surface area contributed by atoms with Gasteiger partial charge in [-0.3, -0.25) is 9.59 Å². The molecule has 1 heterocycles. The van der Waals surface area contributed by atoms with Crippen molar-refractivity contribution in [1.82, 2.24) is 0 Å². The van der Waals surface area contributed by atoms with Crippen LogP contribution in [-0.4, -0.2) is 12.9 Å². The monoisotopic (exact) mass is 246 g/mol. The fraction of sp³-hybridized carbons (Fsp3) is 0.286. The van der Waals surface area contributed by atoms with E-state index in [1.807, 2.05) is 0 Å². The van der Waals surface area contributed by atoms with Gasteiger partial charge in [0.15, 0.2) is 6.29 Å². The Morgan fingerprint density at radius 2 is 2.22 bits per heavy atom. The van der Waals surface area contributed by atoms with Gasteiger partial charge in [-0.25, -0.2) is 0 Å². The van der Waals surface area contributed by atoms with Crippen molar-refractivity contribution in [3.63, 3.8) is 0 Å². The largest absolute Gasteiger partial charge is 0.494 e. The standard InChI is InChI=1S/C14H14O4/c1-2-3-6-17-11-4-5-13-12(7-11)14(16)10(8-15)9-18-13/h4-5,7-9H,2-3,6H2,1H3. The number of ether oxygens (including phenoxy) is 1. The zero-order valence-electron chi connectivity index (χ0n) is 10.1. The Kier molecular flexibility index (Phi) is 3.77. The molecular formula is C14H14O4. The third-order valence-corrected chi connectivity index (χ3v) is 2.66. The number of aldehydes is 1. The van der Waals surface area contributed by atoms with Crippen LogP contribution in [0.25, 0.3) is 11.0 Å². The molecule has 94 valence electrons. The molecule has 0 aliphatic carbocycles. The van der Waals surface area contributed by atoms with Gasteiger partial charge in [0.1, 0.15) is 17.6 Å². The van der Waals surface area contributed by atoms with Crippen LogP contribution in [0.2, 0.25) is 0 Å². The highest BCUT2D eigenvalue weighted by atomic mass is 16.5. The summed E-state index contributed by atoms with van der Waals surface area (Å²) >= 11 is 0. The van der Waals surface area contributed by atoms with E-state index in [2.05, 4.69) is 6.92 Å². The normalized spacial score (nSPS) is 10.5. The van der Waals surface area contributed by atoms with Crippen LogP contribution in [0.4, 0.5) is 0 Å². The van der Waals surface area contributed by atoms with Gasteiger partial charge in [-0.2, -0.15) is 0 Å². The molecule has 0 aliphatic heterocycles. The Hall–Kier alpha value is -2.10. The highest BCUT2D eigenvalue weighted by Crippen LogP contribution is 2.19. The maximum Gasteiger partial charge on any atom is 0.203 e. The molecule has 0 unspecified atom stereocenters. The summed E-state index contributed by atoms with van der Waals surface area (Å²) in [7, 11) is 0. The fourth-order valence-corrected chi connectivity index (χ4v) is 1.63. The minimum atomic E-state index is -0.327. The van der Waals surface area contributed by atoms with Crippen molar-refractivity contribution in [3.8, 4) is 5.75 Å². The van der Waals surface area contributed by atoms with Gasteiger partial charge in [-0.15, -0.1) is 0 Å². The van der Waals surface area contributed by atoms with Gasteiger partial charge in [-0.1, -0.05) is 13.3 Å². The Balaban J connectivity index is 2.39. The second kappa shape index (κ2) is 5.49. The quantitative estimate of drug-likeness (QED) is 0.601. The summed E-state index contributed by atoms with van der Waals surface area (Å²) in [6.07, 6.45) is 3.68. The highest BCUT2D eigenvalue weighted by molar-refractivity contribution is 5.84. The van der Waals surface area contributed by atoms with Crippen LogP contribution >= 0.6 is 0 Å². The number of rotatable bonds is 5. The predicted octanol–water partition coefficient (Wildman–Crippen LogP) is 2.78. The molecule has 0 aliphatic rings. The van der Waals surface area contributed by atoms with Crippen molar-refractivity contribution in [1.29, 1.82) is 0 Å². The van der Waals surface area contributed by atoms with E-state index in [1.54, 1.807) is 18.2 Å². The highest BCUT2D eigenvalue weighted by Gasteiger charge is 2.07. The first kappa shape index (κ1) is 12.4. The average molecular weight is 246 g/mol. The molecule has 2 rings (SSSR count). The molecule has 0 amide bonds. The minimum Gasteiger partial charge on any atom is -0.494 e. The molecule has 0 saturated heterocycles. The zero-order chi connectivity index (χ0) is 13.0. The third-order valence-electron chi connectivity index (χ3n) is 2.66. The maximum absolute atomic E-state index is 11.9. The smallest absolute Gasteiger partial charge is 0.203 e. The molecule has 1 aromatic heterocycles. The first-order valence-electron chi connectivity index (χ1n) is 5.89. The molecule has 0 fully saturated rings. The lowest BCUT2D eigenvalue weighted by Gasteiger charge is -2.05. The topological polar surface area (TPSA) is 56.5 Å². The van der Waals surface area contributed by atoms with Crippen LogP contribution in [-0.2, 0) is 0 Å². The van der Waals surface area contributed by atoms with Crippen LogP contribution in [0, 0.1) is 0 Å². The second-order valence-corrected chi connectivity index (χ2v) is 4.00. The van der Waals surface area contributed by atoms with Crippen molar-refractivity contribution in [3.05, 3.63) is 40.2 Å². The van der Waals surface area contributed by atoms with E-state index in [0.29, 0.717) is 29.6 Å². The Labute approximate surface area is 104 Å². The van der Waals surface area contributed by atoms with Crippen LogP contribution in [0.5, 0.6) is 5.75 Å². The van der Waals surface area contributed by atoms with Gasteiger partial charge < -0.3 is 9.15 Å². The summed E-state index contributed by atoms with van der Waals surface area (Å²) in [4.78, 5) is 22.6. The number of carbonyl (C=O) groups is 1. The molecule has 18 heavy (non-hydrogen) atoms. The van der Waals surface area contributed by atoms with E-state index in [-0.39, 0.29) is 11.0 Å². The predicted molar refractivity (Wildman–Crippen MR) is 68.3 cm³/mol. The molecule has 0 saturated carbocycles. The lowest BCUT2D eigenvalue weighted by atomic mass is 10.2. The van der Waals surface area contributed by atoms with Gasteiger partial charge in [0.25, 0.3) is 0 Å². The van der Waals surface area contributed by atoms with E-state index < -0.39 is 0 Å². The van der Waals surface area contributed by atoms with Crippen molar-refractivity contribution in [2.45, 2.75) is 19.8 Å². The summed E-state index contributed by atoms with van der Waals surface area (Å²) in [6, 6.07) is 5.04. The molecule has 0 N–H and O–H groups in total. The number of benzene rings is 1. The first-order valence-corrected chi connectivity index (χ1v) is 5.89. The van der Waals surface area contributed by atoms with Crippen molar-refractivity contribution >= 4 is 17.3 Å². The number of carbonyl (C=O) groups excluding carboxylic acids is 1. The van der Waals surface area contributed by atoms with Gasteiger partial charge in [-0.05, 0) is 24.6 Å². The average Bonchev–Trinajstić information content (AvgIpc) is 2.40. The molecule has 4 heteroatoms. The fourth-order valence-electron chi connectivity index (χ4n) is 1.63. The lowest BCUT2D eigenvalue weighted by molar-refractivity contribution is 0.112. The summed E-state index contributed by atoms with van der Waals surface area (Å²) in [5.41, 5.74) is 0.147. The summed E-state index contributed by atoms with van der Waals surface area (Å²) < 4.78 is 10.7. The van der Waals surface area contributed by atoms with Crippen LogP contribution in [0.3, 0.4) is 0 Å². The Bertz CT molecular complexity index is 613. The van der Waals surface area contributed by atoms with Crippen LogP contribution in [0.1, 0.15) is 30.1 Å². The number of hydrogen-bond acceptors (Lipinski definition) is 4. The van der Waals surface area contributed by atoms with E-state index in [0.717, 1.165) is 12.8 Å². The first-order chi connectivity index (χ1) is 8.76. The van der Waals surface area contributed by atoms with Gasteiger partial charge in [0, 0.05) is 0 Å². The van der Waals surface area contributed by atoms with E-state index >= 15 is 0 Å². The second-order valence-electron chi connectivity index (χ2n) is 4.00. The minimum absolute atomic E-state index is 0.0215. The van der Waals surface area contributed by atoms with Crippen LogP contribution < -0.4 is 10.2 Å². The zero-order valence-corrected chi connectivity index (χ0v) is 10.1.